The molecule has 8 nitrogen and oxygen atoms in total. The second kappa shape index (κ2) is 16.2. The molecule has 1 fully saturated rings. The Morgan fingerprint density at radius 3 is 2.30 bits per heavy atom. The average molecular weight is 648 g/mol. The first kappa shape index (κ1) is 33.6. The highest BCUT2D eigenvalue weighted by Gasteiger charge is 2.25. The third kappa shape index (κ3) is 9.38. The van der Waals surface area contributed by atoms with Gasteiger partial charge >= 0.3 is 0 Å². The fourth-order valence-electron chi connectivity index (χ4n) is 5.52. The molecule has 0 unspecified atom stereocenters. The van der Waals surface area contributed by atoms with Crippen LogP contribution in [0.3, 0.4) is 0 Å². The summed E-state index contributed by atoms with van der Waals surface area (Å²) in [5.41, 5.74) is 4.33. The maximum absolute atomic E-state index is 14.0. The van der Waals surface area contributed by atoms with Crippen LogP contribution in [0.25, 0.3) is 11.1 Å². The molecular formula is C38H41N5O3S. The van der Waals surface area contributed by atoms with E-state index in [2.05, 4.69) is 32.7 Å². The Kier molecular flexibility index (Phi) is 11.6. The number of amides is 3. The van der Waals surface area contributed by atoms with Crippen molar-refractivity contribution in [1.29, 1.82) is 5.26 Å². The number of hydrogen-bond donors (Lipinski definition) is 4. The zero-order chi connectivity index (χ0) is 33.2. The lowest BCUT2D eigenvalue weighted by Crippen LogP contribution is -2.50. The zero-order valence-electron chi connectivity index (χ0n) is 26.8. The minimum atomic E-state index is -0.372. The number of rotatable bonds is 15. The molecule has 4 N–H and O–H groups in total. The normalized spacial score (nSPS) is 14.3. The van der Waals surface area contributed by atoms with E-state index in [0.29, 0.717) is 59.7 Å². The second-order valence-electron chi connectivity index (χ2n) is 12.1. The molecule has 9 heteroatoms. The average Bonchev–Trinajstić information content (AvgIpc) is 3.80. The highest BCUT2D eigenvalue weighted by atomic mass is 32.1. The number of nitriles is 1. The molecule has 1 saturated carbocycles. The van der Waals surface area contributed by atoms with Gasteiger partial charge in [-0.15, -0.1) is 0 Å². The first-order valence-corrected chi connectivity index (χ1v) is 17.1. The monoisotopic (exact) mass is 647 g/mol. The fourth-order valence-corrected chi connectivity index (χ4v) is 6.20. The molecule has 1 aromatic heterocycles. The van der Waals surface area contributed by atoms with Crippen molar-refractivity contribution in [2.24, 2.45) is 5.92 Å². The van der Waals surface area contributed by atoms with Crippen molar-refractivity contribution in [1.82, 2.24) is 21.3 Å². The SMILES string of the molecule is CC[C@H](NC[C@H](Cc1ccsc1)NC(=O)c1cc(C(=O)N[C@H](C)c2ccccc2)cc(-c2ccccc2C#N)c1)C(=O)NCC1CC1. The van der Waals surface area contributed by atoms with E-state index in [0.717, 1.165) is 24.0 Å². The molecule has 1 heterocycles. The molecule has 3 amide bonds. The Labute approximate surface area is 280 Å². The lowest BCUT2D eigenvalue weighted by Gasteiger charge is -2.23. The molecule has 0 spiro atoms. The third-order valence-electron chi connectivity index (χ3n) is 8.46. The van der Waals surface area contributed by atoms with E-state index in [1.165, 1.54) is 0 Å². The van der Waals surface area contributed by atoms with E-state index < -0.39 is 0 Å². The van der Waals surface area contributed by atoms with Gasteiger partial charge in [-0.3, -0.25) is 14.4 Å². The molecule has 3 atom stereocenters. The molecule has 5 rings (SSSR count). The maximum Gasteiger partial charge on any atom is 0.251 e. The van der Waals surface area contributed by atoms with Gasteiger partial charge in [0.25, 0.3) is 11.8 Å². The quantitative estimate of drug-likeness (QED) is 0.126. The first-order chi connectivity index (χ1) is 22.8. The molecule has 1 aliphatic carbocycles. The summed E-state index contributed by atoms with van der Waals surface area (Å²) >= 11 is 1.59. The molecule has 0 saturated heterocycles. The molecule has 47 heavy (non-hydrogen) atoms. The van der Waals surface area contributed by atoms with Gasteiger partial charge in [0.15, 0.2) is 0 Å². The van der Waals surface area contributed by atoms with Crippen molar-refractivity contribution in [3.8, 4) is 17.2 Å². The number of benzene rings is 3. The summed E-state index contributed by atoms with van der Waals surface area (Å²) in [5.74, 6) is -0.110. The van der Waals surface area contributed by atoms with Gasteiger partial charge in [0.05, 0.1) is 23.7 Å². The topological polar surface area (TPSA) is 123 Å². The highest BCUT2D eigenvalue weighted by molar-refractivity contribution is 7.07. The number of nitrogens with zero attached hydrogens (tertiary/aromatic N) is 1. The predicted octanol–water partition coefficient (Wildman–Crippen LogP) is 6.01. The van der Waals surface area contributed by atoms with Gasteiger partial charge in [-0.1, -0.05) is 55.5 Å². The van der Waals surface area contributed by atoms with Gasteiger partial charge in [0.2, 0.25) is 5.91 Å². The number of thiophene rings is 1. The predicted molar refractivity (Wildman–Crippen MR) is 186 cm³/mol. The van der Waals surface area contributed by atoms with Crippen LogP contribution in [0, 0.1) is 17.2 Å². The standard InChI is InChI=1S/C38H41N5O3S/c1-3-35(38(46)41-22-26-13-14-26)40-23-33(17-27-15-16-47-24-27)43-37(45)32-19-30(34-12-8-7-11-29(34)21-39)18-31(20-32)36(44)42-25(2)28-9-5-4-6-10-28/h4-12,15-16,18-20,24-26,33,35,40H,3,13-14,17,22-23H2,1-2H3,(H,41,46)(H,42,44)(H,43,45)/t25-,33+,35+/m1/s1. The van der Waals surface area contributed by atoms with Crippen molar-refractivity contribution in [2.75, 3.05) is 13.1 Å². The second-order valence-corrected chi connectivity index (χ2v) is 12.9. The van der Waals surface area contributed by atoms with Gasteiger partial charge in [-0.05, 0) is 102 Å². The van der Waals surface area contributed by atoms with E-state index in [9.17, 15) is 19.6 Å². The van der Waals surface area contributed by atoms with Crippen LogP contribution in [0.4, 0.5) is 0 Å². The van der Waals surface area contributed by atoms with Crippen LogP contribution in [0.1, 0.15) is 76.6 Å². The molecule has 3 aromatic carbocycles. The van der Waals surface area contributed by atoms with Crippen LogP contribution in [0.2, 0.25) is 0 Å². The lowest BCUT2D eigenvalue weighted by atomic mass is 9.95. The van der Waals surface area contributed by atoms with Crippen LogP contribution < -0.4 is 21.3 Å². The molecule has 242 valence electrons. The number of carbonyl (C=O) groups is 3. The van der Waals surface area contributed by atoms with E-state index in [1.54, 1.807) is 41.7 Å². The number of nitrogens with one attached hydrogen (secondary N) is 4. The summed E-state index contributed by atoms with van der Waals surface area (Å²) in [7, 11) is 0. The fraction of sp³-hybridized carbons (Fsp3) is 0.316. The summed E-state index contributed by atoms with van der Waals surface area (Å²) in [5, 5.41) is 26.5. The van der Waals surface area contributed by atoms with Crippen LogP contribution in [0.15, 0.2) is 89.6 Å². The van der Waals surface area contributed by atoms with Crippen LogP contribution in [-0.4, -0.2) is 42.9 Å². The largest absolute Gasteiger partial charge is 0.354 e. The van der Waals surface area contributed by atoms with Crippen molar-refractivity contribution in [2.45, 2.75) is 57.7 Å². The van der Waals surface area contributed by atoms with Crippen LogP contribution >= 0.6 is 11.3 Å². The Bertz CT molecular complexity index is 1710. The minimum Gasteiger partial charge on any atom is -0.354 e. The van der Waals surface area contributed by atoms with Crippen molar-refractivity contribution in [3.05, 3.63) is 117 Å². The molecule has 0 radical (unpaired) electrons. The van der Waals surface area contributed by atoms with Crippen molar-refractivity contribution >= 4 is 29.1 Å². The van der Waals surface area contributed by atoms with E-state index in [-0.39, 0.29) is 35.8 Å². The first-order valence-electron chi connectivity index (χ1n) is 16.2. The van der Waals surface area contributed by atoms with E-state index in [4.69, 9.17) is 0 Å². The summed E-state index contributed by atoms with van der Waals surface area (Å²) in [6.45, 7) is 4.97. The van der Waals surface area contributed by atoms with Gasteiger partial charge < -0.3 is 21.3 Å². The Morgan fingerprint density at radius 2 is 1.64 bits per heavy atom. The van der Waals surface area contributed by atoms with Crippen molar-refractivity contribution in [3.63, 3.8) is 0 Å². The number of carbonyl (C=O) groups excluding carboxylic acids is 3. The lowest BCUT2D eigenvalue weighted by molar-refractivity contribution is -0.123. The van der Waals surface area contributed by atoms with Crippen LogP contribution in [0.5, 0.6) is 0 Å². The Hall–Kier alpha value is -4.78. The molecular weight excluding hydrogens is 607 g/mol. The summed E-state index contributed by atoms with van der Waals surface area (Å²) in [6, 6.07) is 25.1. The minimum absolute atomic E-state index is 0.0238. The van der Waals surface area contributed by atoms with Gasteiger partial charge in [-0.2, -0.15) is 16.6 Å². The summed E-state index contributed by atoms with van der Waals surface area (Å²) in [6.07, 6.45) is 3.52. The Morgan fingerprint density at radius 1 is 0.936 bits per heavy atom. The molecule has 0 aliphatic heterocycles. The maximum atomic E-state index is 14.0. The number of hydrogen-bond acceptors (Lipinski definition) is 6. The van der Waals surface area contributed by atoms with Gasteiger partial charge in [0.1, 0.15) is 0 Å². The summed E-state index contributed by atoms with van der Waals surface area (Å²) in [4.78, 5) is 40.4. The third-order valence-corrected chi connectivity index (χ3v) is 9.19. The Balaban J connectivity index is 1.39. The molecule has 1 aliphatic rings. The van der Waals surface area contributed by atoms with Crippen molar-refractivity contribution < 1.29 is 14.4 Å². The molecule has 0 bridgehead atoms. The molecule has 4 aromatic rings. The smallest absolute Gasteiger partial charge is 0.251 e. The summed E-state index contributed by atoms with van der Waals surface area (Å²) < 4.78 is 0. The van der Waals surface area contributed by atoms with Gasteiger partial charge in [0, 0.05) is 30.3 Å². The van der Waals surface area contributed by atoms with E-state index >= 15 is 0 Å². The van der Waals surface area contributed by atoms with Crippen LogP contribution in [-0.2, 0) is 11.2 Å². The van der Waals surface area contributed by atoms with Gasteiger partial charge in [-0.25, -0.2) is 0 Å². The highest BCUT2D eigenvalue weighted by Crippen LogP contribution is 2.28. The van der Waals surface area contributed by atoms with E-state index in [1.807, 2.05) is 67.8 Å². The zero-order valence-corrected chi connectivity index (χ0v) is 27.6.